The lowest BCUT2D eigenvalue weighted by Crippen LogP contribution is -2.24. The summed E-state index contributed by atoms with van der Waals surface area (Å²) in [5.74, 6) is 1.66. The molecular weight excluding hydrogens is 382 g/mol. The molecule has 0 bridgehead atoms. The van der Waals surface area contributed by atoms with Gasteiger partial charge in [0, 0.05) is 17.9 Å². The minimum absolute atomic E-state index is 0.00598. The molecule has 0 aliphatic rings. The Morgan fingerprint density at radius 3 is 2.72 bits per heavy atom. The van der Waals surface area contributed by atoms with E-state index in [1.54, 1.807) is 0 Å². The molecule has 0 spiro atoms. The van der Waals surface area contributed by atoms with Gasteiger partial charge in [-0.2, -0.15) is 0 Å². The zero-order chi connectivity index (χ0) is 17.6. The summed E-state index contributed by atoms with van der Waals surface area (Å²) in [5.41, 5.74) is 2.01. The molecule has 1 N–H and O–H groups in total. The monoisotopic (exact) mass is 401 g/mol. The number of ether oxygens (including phenoxy) is 1. The van der Waals surface area contributed by atoms with E-state index in [4.69, 9.17) is 4.74 Å². The van der Waals surface area contributed by atoms with Gasteiger partial charge in [0.2, 0.25) is 5.91 Å². The number of amides is 1. The number of hydrogen-bond donors (Lipinski definition) is 1. The van der Waals surface area contributed by atoms with Crippen LogP contribution in [-0.4, -0.2) is 22.1 Å². The van der Waals surface area contributed by atoms with Crippen LogP contribution >= 0.6 is 15.9 Å². The first-order valence-corrected chi connectivity index (χ1v) is 8.98. The van der Waals surface area contributed by atoms with Gasteiger partial charge in [-0.25, -0.2) is 4.98 Å². The lowest BCUT2D eigenvalue weighted by Gasteiger charge is -2.07. The van der Waals surface area contributed by atoms with Crippen molar-refractivity contribution in [3.63, 3.8) is 0 Å². The fraction of sp³-hybridized carbons (Fsp3) is 0.263. The highest BCUT2D eigenvalue weighted by atomic mass is 79.9. The molecule has 0 atom stereocenters. The molecule has 1 aromatic heterocycles. The van der Waals surface area contributed by atoms with Crippen LogP contribution in [0.15, 0.2) is 53.0 Å². The van der Waals surface area contributed by atoms with Crippen LogP contribution in [0, 0.1) is 0 Å². The van der Waals surface area contributed by atoms with Crippen LogP contribution in [0.3, 0.4) is 0 Å². The van der Waals surface area contributed by atoms with Gasteiger partial charge in [-0.15, -0.1) is 0 Å². The van der Waals surface area contributed by atoms with E-state index >= 15 is 0 Å². The number of halogens is 1. The Hall–Kier alpha value is -2.34. The van der Waals surface area contributed by atoms with E-state index in [0.717, 1.165) is 27.1 Å². The SMILES string of the molecule is Cn1c(CNC(=O)CCCOc2ccc(Br)cc2)nc2ccccc21. The number of aromatic nitrogens is 2. The highest BCUT2D eigenvalue weighted by Crippen LogP contribution is 2.16. The van der Waals surface area contributed by atoms with Crippen LogP contribution < -0.4 is 10.1 Å². The van der Waals surface area contributed by atoms with Gasteiger partial charge in [0.05, 0.1) is 24.2 Å². The lowest BCUT2D eigenvalue weighted by atomic mass is 10.3. The van der Waals surface area contributed by atoms with Gasteiger partial charge in [-0.1, -0.05) is 28.1 Å². The van der Waals surface area contributed by atoms with Gasteiger partial charge in [0.25, 0.3) is 0 Å². The Balaban J connectivity index is 1.41. The van der Waals surface area contributed by atoms with Gasteiger partial charge in [0.15, 0.2) is 0 Å². The van der Waals surface area contributed by atoms with E-state index < -0.39 is 0 Å². The second-order valence-corrected chi connectivity index (χ2v) is 6.67. The van der Waals surface area contributed by atoms with Crippen molar-refractivity contribution >= 4 is 32.9 Å². The normalized spacial score (nSPS) is 10.8. The number of rotatable bonds is 7. The Kier molecular flexibility index (Phi) is 5.71. The number of nitrogens with zero attached hydrogens (tertiary/aromatic N) is 2. The molecule has 1 heterocycles. The molecule has 0 radical (unpaired) electrons. The molecule has 130 valence electrons. The highest BCUT2D eigenvalue weighted by molar-refractivity contribution is 9.10. The van der Waals surface area contributed by atoms with E-state index in [1.165, 1.54) is 0 Å². The van der Waals surface area contributed by atoms with Gasteiger partial charge in [-0.3, -0.25) is 4.79 Å². The van der Waals surface area contributed by atoms with Crippen LogP contribution in [0.25, 0.3) is 11.0 Å². The molecule has 3 rings (SSSR count). The fourth-order valence-electron chi connectivity index (χ4n) is 2.57. The van der Waals surface area contributed by atoms with Crippen molar-refractivity contribution in [3.8, 4) is 5.75 Å². The summed E-state index contributed by atoms with van der Waals surface area (Å²) in [6.07, 6.45) is 1.10. The summed E-state index contributed by atoms with van der Waals surface area (Å²) in [7, 11) is 1.96. The van der Waals surface area contributed by atoms with Crippen molar-refractivity contribution in [1.29, 1.82) is 0 Å². The smallest absolute Gasteiger partial charge is 0.220 e. The maximum Gasteiger partial charge on any atom is 0.220 e. The number of fused-ring (bicyclic) bond motifs is 1. The van der Waals surface area contributed by atoms with Gasteiger partial charge in [0.1, 0.15) is 11.6 Å². The van der Waals surface area contributed by atoms with E-state index in [1.807, 2.05) is 60.1 Å². The number of hydrogen-bond acceptors (Lipinski definition) is 3. The maximum atomic E-state index is 12.0. The topological polar surface area (TPSA) is 56.2 Å². The summed E-state index contributed by atoms with van der Waals surface area (Å²) >= 11 is 3.38. The zero-order valence-electron chi connectivity index (χ0n) is 14.0. The number of benzene rings is 2. The van der Waals surface area contributed by atoms with Crippen LogP contribution in [-0.2, 0) is 18.4 Å². The number of nitrogens with one attached hydrogen (secondary N) is 1. The Morgan fingerprint density at radius 1 is 1.20 bits per heavy atom. The summed E-state index contributed by atoms with van der Waals surface area (Å²) < 4.78 is 8.64. The molecule has 1 amide bonds. The van der Waals surface area contributed by atoms with E-state index in [2.05, 4.69) is 26.2 Å². The average Bonchev–Trinajstić information content (AvgIpc) is 2.95. The van der Waals surface area contributed by atoms with Crippen molar-refractivity contribution in [2.75, 3.05) is 6.61 Å². The Morgan fingerprint density at radius 2 is 1.96 bits per heavy atom. The first-order chi connectivity index (χ1) is 12.1. The Bertz CT molecular complexity index is 859. The van der Waals surface area contributed by atoms with Crippen molar-refractivity contribution in [2.24, 2.45) is 7.05 Å². The molecular formula is C19H20BrN3O2. The number of carbonyl (C=O) groups excluding carboxylic acids is 1. The van der Waals surface area contributed by atoms with E-state index in [9.17, 15) is 4.79 Å². The number of para-hydroxylation sites is 2. The maximum absolute atomic E-state index is 12.0. The fourth-order valence-corrected chi connectivity index (χ4v) is 2.84. The van der Waals surface area contributed by atoms with Crippen molar-refractivity contribution < 1.29 is 9.53 Å². The number of carbonyl (C=O) groups is 1. The van der Waals surface area contributed by atoms with E-state index in [-0.39, 0.29) is 5.91 Å². The Labute approximate surface area is 155 Å². The van der Waals surface area contributed by atoms with E-state index in [0.29, 0.717) is 26.0 Å². The van der Waals surface area contributed by atoms with Crippen LogP contribution in [0.1, 0.15) is 18.7 Å². The first kappa shape index (κ1) is 17.5. The second-order valence-electron chi connectivity index (χ2n) is 5.76. The zero-order valence-corrected chi connectivity index (χ0v) is 15.6. The summed E-state index contributed by atoms with van der Waals surface area (Å²) in [5, 5.41) is 2.92. The van der Waals surface area contributed by atoms with Crippen LogP contribution in [0.4, 0.5) is 0 Å². The third-order valence-corrected chi connectivity index (χ3v) is 4.48. The molecule has 6 heteroatoms. The summed E-state index contributed by atoms with van der Waals surface area (Å²) in [6, 6.07) is 15.6. The standard InChI is InChI=1S/C19H20BrN3O2/c1-23-17-6-3-2-5-16(17)22-18(23)13-21-19(24)7-4-12-25-15-10-8-14(20)9-11-15/h2-3,5-6,8-11H,4,7,12-13H2,1H3,(H,21,24). The van der Waals surface area contributed by atoms with Crippen LogP contribution in [0.2, 0.25) is 0 Å². The predicted molar refractivity (Wildman–Crippen MR) is 101 cm³/mol. The summed E-state index contributed by atoms with van der Waals surface area (Å²) in [4.78, 5) is 16.5. The summed E-state index contributed by atoms with van der Waals surface area (Å²) in [6.45, 7) is 0.943. The predicted octanol–water partition coefficient (Wildman–Crippen LogP) is 3.81. The molecule has 0 saturated heterocycles. The molecule has 0 aliphatic heterocycles. The molecule has 0 aliphatic carbocycles. The largest absolute Gasteiger partial charge is 0.494 e. The minimum Gasteiger partial charge on any atom is -0.494 e. The molecule has 0 saturated carbocycles. The van der Waals surface area contributed by atoms with Gasteiger partial charge in [-0.05, 0) is 42.8 Å². The molecule has 3 aromatic rings. The van der Waals surface area contributed by atoms with Crippen molar-refractivity contribution in [3.05, 3.63) is 58.8 Å². The molecule has 5 nitrogen and oxygen atoms in total. The number of aryl methyl sites for hydroxylation is 1. The third-order valence-electron chi connectivity index (χ3n) is 3.95. The second kappa shape index (κ2) is 8.16. The van der Waals surface area contributed by atoms with Crippen molar-refractivity contribution in [1.82, 2.24) is 14.9 Å². The van der Waals surface area contributed by atoms with Gasteiger partial charge < -0.3 is 14.6 Å². The first-order valence-electron chi connectivity index (χ1n) is 8.19. The molecule has 2 aromatic carbocycles. The molecule has 0 unspecified atom stereocenters. The van der Waals surface area contributed by atoms with Gasteiger partial charge >= 0.3 is 0 Å². The minimum atomic E-state index is 0.00598. The quantitative estimate of drug-likeness (QED) is 0.612. The molecule has 25 heavy (non-hydrogen) atoms. The van der Waals surface area contributed by atoms with Crippen molar-refractivity contribution in [2.45, 2.75) is 19.4 Å². The molecule has 0 fully saturated rings. The number of imidazole rings is 1. The highest BCUT2D eigenvalue weighted by Gasteiger charge is 2.08. The lowest BCUT2D eigenvalue weighted by molar-refractivity contribution is -0.121. The average molecular weight is 402 g/mol. The third kappa shape index (κ3) is 4.60. The van der Waals surface area contributed by atoms with Crippen LogP contribution in [0.5, 0.6) is 5.75 Å².